The molecule has 0 aromatic heterocycles. The normalized spacial score (nSPS) is 21.9. The monoisotopic (exact) mass is 310 g/mol. The minimum atomic E-state index is -0.491. The molecule has 0 bridgehead atoms. The van der Waals surface area contributed by atoms with Crippen molar-refractivity contribution >= 4 is 23.2 Å². The number of amides is 1. The van der Waals surface area contributed by atoms with Gasteiger partial charge in [0.2, 0.25) is 0 Å². The summed E-state index contributed by atoms with van der Waals surface area (Å²) in [6, 6.07) is 4.76. The fourth-order valence-corrected chi connectivity index (χ4v) is 3.37. The first kappa shape index (κ1) is 15.8. The lowest BCUT2D eigenvalue weighted by molar-refractivity contribution is -0.385. The topological polar surface area (TPSA) is 63.5 Å². The van der Waals surface area contributed by atoms with Gasteiger partial charge in [0.25, 0.3) is 11.6 Å². The van der Waals surface area contributed by atoms with Crippen molar-refractivity contribution in [3.63, 3.8) is 0 Å². The molecular formula is C15H19ClN2O3. The zero-order valence-electron chi connectivity index (χ0n) is 12.2. The van der Waals surface area contributed by atoms with Gasteiger partial charge in [0.05, 0.1) is 10.3 Å². The maximum atomic E-state index is 12.6. The second kappa shape index (κ2) is 6.43. The average Bonchev–Trinajstić information content (AvgIpc) is 2.45. The fourth-order valence-electron chi connectivity index (χ4n) is 2.92. The number of aryl methyl sites for hydroxylation is 1. The number of rotatable bonds is 3. The van der Waals surface area contributed by atoms with Crippen molar-refractivity contribution in [2.24, 2.45) is 0 Å². The van der Waals surface area contributed by atoms with Crippen LogP contribution in [0.4, 0.5) is 5.69 Å². The number of carbonyl (C=O) groups excluding carboxylic acids is 1. The van der Waals surface area contributed by atoms with E-state index in [4.69, 9.17) is 11.6 Å². The van der Waals surface area contributed by atoms with E-state index in [0.717, 1.165) is 25.7 Å². The first-order valence-electron chi connectivity index (χ1n) is 7.08. The minimum Gasteiger partial charge on any atom is -0.337 e. The maximum absolute atomic E-state index is 12.6. The predicted molar refractivity (Wildman–Crippen MR) is 81.8 cm³/mol. The summed E-state index contributed by atoms with van der Waals surface area (Å²) in [7, 11) is 1.68. The number of nitro groups is 1. The molecule has 0 radical (unpaired) electrons. The van der Waals surface area contributed by atoms with Crippen LogP contribution in [0.3, 0.4) is 0 Å². The number of hydrogen-bond donors (Lipinski definition) is 0. The Balaban J connectivity index is 2.31. The molecule has 6 heteroatoms. The maximum Gasteiger partial charge on any atom is 0.285 e. The van der Waals surface area contributed by atoms with Crippen LogP contribution >= 0.6 is 11.6 Å². The second-order valence-corrected chi connectivity index (χ2v) is 6.07. The van der Waals surface area contributed by atoms with Crippen LogP contribution in [0.2, 0.25) is 0 Å². The Morgan fingerprint density at radius 2 is 2.05 bits per heavy atom. The highest BCUT2D eigenvalue weighted by Gasteiger charge is 2.32. The highest BCUT2D eigenvalue weighted by Crippen LogP contribution is 2.30. The van der Waals surface area contributed by atoms with Gasteiger partial charge in [-0.3, -0.25) is 14.9 Å². The minimum absolute atomic E-state index is 0.0620. The van der Waals surface area contributed by atoms with E-state index in [2.05, 4.69) is 0 Å². The number of para-hydroxylation sites is 1. The third kappa shape index (κ3) is 3.18. The van der Waals surface area contributed by atoms with Gasteiger partial charge in [0.1, 0.15) is 5.56 Å². The number of nitro benzene ring substituents is 1. The van der Waals surface area contributed by atoms with Crippen LogP contribution in [0.1, 0.15) is 41.6 Å². The average molecular weight is 311 g/mol. The molecule has 21 heavy (non-hydrogen) atoms. The molecule has 0 saturated heterocycles. The Morgan fingerprint density at radius 1 is 1.38 bits per heavy atom. The molecule has 0 heterocycles. The molecule has 5 nitrogen and oxygen atoms in total. The van der Waals surface area contributed by atoms with Crippen molar-refractivity contribution in [1.82, 2.24) is 4.90 Å². The molecule has 0 aliphatic heterocycles. The van der Waals surface area contributed by atoms with Crippen molar-refractivity contribution in [2.45, 2.75) is 44.0 Å². The van der Waals surface area contributed by atoms with E-state index in [1.165, 1.54) is 6.07 Å². The van der Waals surface area contributed by atoms with E-state index < -0.39 is 4.92 Å². The molecule has 0 spiro atoms. The van der Waals surface area contributed by atoms with Crippen molar-refractivity contribution in [3.8, 4) is 0 Å². The van der Waals surface area contributed by atoms with Gasteiger partial charge < -0.3 is 4.90 Å². The summed E-state index contributed by atoms with van der Waals surface area (Å²) in [4.78, 5) is 24.9. The Hall–Kier alpha value is -1.62. The smallest absolute Gasteiger partial charge is 0.285 e. The molecule has 1 aliphatic rings. The molecule has 2 rings (SSSR count). The molecule has 1 fully saturated rings. The lowest BCUT2D eigenvalue weighted by atomic mass is 9.93. The van der Waals surface area contributed by atoms with Crippen molar-refractivity contribution < 1.29 is 9.72 Å². The van der Waals surface area contributed by atoms with E-state index in [1.807, 2.05) is 0 Å². The number of hydrogen-bond acceptors (Lipinski definition) is 3. The van der Waals surface area contributed by atoms with E-state index in [1.54, 1.807) is 31.0 Å². The fraction of sp³-hybridized carbons (Fsp3) is 0.533. The Morgan fingerprint density at radius 3 is 2.67 bits per heavy atom. The summed E-state index contributed by atoms with van der Waals surface area (Å²) in [6.07, 6.45) is 3.81. The van der Waals surface area contributed by atoms with Crippen LogP contribution in [0.15, 0.2) is 18.2 Å². The molecule has 1 aromatic carbocycles. The summed E-state index contributed by atoms with van der Waals surface area (Å²) >= 11 is 6.31. The largest absolute Gasteiger partial charge is 0.337 e. The van der Waals surface area contributed by atoms with E-state index >= 15 is 0 Å². The van der Waals surface area contributed by atoms with Crippen LogP contribution in [-0.4, -0.2) is 34.2 Å². The summed E-state index contributed by atoms with van der Waals surface area (Å²) in [5, 5.41) is 11.1. The SMILES string of the molecule is Cc1cccc(C(=O)N(C)C2CCCCC2Cl)c1[N+](=O)[O-]. The van der Waals surface area contributed by atoms with Crippen molar-refractivity contribution in [2.75, 3.05) is 7.05 Å². The van der Waals surface area contributed by atoms with Gasteiger partial charge in [-0.05, 0) is 25.8 Å². The molecule has 2 unspecified atom stereocenters. The number of benzene rings is 1. The summed E-state index contributed by atoms with van der Waals surface area (Å²) in [5.41, 5.74) is 0.513. The van der Waals surface area contributed by atoms with Gasteiger partial charge in [-0.15, -0.1) is 11.6 Å². The van der Waals surface area contributed by atoms with Crippen LogP contribution in [-0.2, 0) is 0 Å². The number of halogens is 1. The van der Waals surface area contributed by atoms with E-state index in [9.17, 15) is 14.9 Å². The molecule has 0 N–H and O–H groups in total. The lowest BCUT2D eigenvalue weighted by Gasteiger charge is -2.34. The van der Waals surface area contributed by atoms with Crippen molar-refractivity contribution in [1.29, 1.82) is 0 Å². The van der Waals surface area contributed by atoms with Crippen molar-refractivity contribution in [3.05, 3.63) is 39.4 Å². The van der Waals surface area contributed by atoms with Gasteiger partial charge in [0, 0.05) is 18.7 Å². The van der Waals surface area contributed by atoms with Crippen LogP contribution in [0.5, 0.6) is 0 Å². The first-order chi connectivity index (χ1) is 9.93. The molecule has 114 valence electrons. The third-order valence-corrected chi connectivity index (χ3v) is 4.62. The number of alkyl halides is 1. The predicted octanol–water partition coefficient (Wildman–Crippen LogP) is 3.53. The van der Waals surface area contributed by atoms with E-state index in [0.29, 0.717) is 5.56 Å². The Bertz CT molecular complexity index is 562. The molecule has 1 aromatic rings. The van der Waals surface area contributed by atoms with Gasteiger partial charge in [-0.1, -0.05) is 25.0 Å². The van der Waals surface area contributed by atoms with Crippen LogP contribution in [0, 0.1) is 17.0 Å². The highest BCUT2D eigenvalue weighted by molar-refractivity contribution is 6.21. The van der Waals surface area contributed by atoms with Gasteiger partial charge in [-0.2, -0.15) is 0 Å². The second-order valence-electron chi connectivity index (χ2n) is 5.51. The quantitative estimate of drug-likeness (QED) is 0.487. The summed E-state index contributed by atoms with van der Waals surface area (Å²) in [6.45, 7) is 1.64. The zero-order chi connectivity index (χ0) is 15.6. The molecular weight excluding hydrogens is 292 g/mol. The zero-order valence-corrected chi connectivity index (χ0v) is 13.0. The molecule has 1 aliphatic carbocycles. The Kier molecular flexibility index (Phi) is 4.83. The summed E-state index contributed by atoms with van der Waals surface area (Å²) in [5.74, 6) is -0.331. The molecule has 1 saturated carbocycles. The van der Waals surface area contributed by atoms with Gasteiger partial charge in [-0.25, -0.2) is 0 Å². The first-order valence-corrected chi connectivity index (χ1v) is 7.52. The summed E-state index contributed by atoms with van der Waals surface area (Å²) < 4.78 is 0. The van der Waals surface area contributed by atoms with Crippen LogP contribution in [0.25, 0.3) is 0 Å². The third-order valence-electron chi connectivity index (χ3n) is 4.12. The molecule has 2 atom stereocenters. The number of nitrogens with zero attached hydrogens (tertiary/aromatic N) is 2. The van der Waals surface area contributed by atoms with Gasteiger partial charge >= 0.3 is 0 Å². The van der Waals surface area contributed by atoms with E-state index in [-0.39, 0.29) is 28.6 Å². The molecule has 1 amide bonds. The Labute approximate surface area is 129 Å². The highest BCUT2D eigenvalue weighted by atomic mass is 35.5. The lowest BCUT2D eigenvalue weighted by Crippen LogP contribution is -2.44. The number of carbonyl (C=O) groups is 1. The van der Waals surface area contributed by atoms with Gasteiger partial charge in [0.15, 0.2) is 0 Å². The van der Waals surface area contributed by atoms with Crippen LogP contribution < -0.4 is 0 Å². The standard InChI is InChI=1S/C15H19ClN2O3/c1-10-6-5-7-11(14(10)18(20)21)15(19)17(2)13-9-4-3-8-12(13)16/h5-7,12-13H,3-4,8-9H2,1-2H3.